The molecule has 0 amide bonds. The van der Waals surface area contributed by atoms with Crippen molar-refractivity contribution in [2.24, 2.45) is 5.73 Å². The van der Waals surface area contributed by atoms with Gasteiger partial charge in [-0.1, -0.05) is 18.2 Å². The lowest BCUT2D eigenvalue weighted by molar-refractivity contribution is 0.0298. The number of benzene rings is 1. The first-order chi connectivity index (χ1) is 9.31. The third-order valence-electron chi connectivity index (χ3n) is 4.01. The minimum atomic E-state index is 0.283. The number of rotatable bonds is 6. The molecule has 2 aliphatic rings. The molecule has 2 bridgehead atoms. The Bertz CT molecular complexity index is 400. The van der Waals surface area contributed by atoms with Gasteiger partial charge in [-0.15, -0.1) is 11.8 Å². The van der Waals surface area contributed by atoms with Crippen molar-refractivity contribution in [3.8, 4) is 0 Å². The maximum absolute atomic E-state index is 6.22. The monoisotopic (exact) mass is 278 g/mol. The molecule has 3 rings (SSSR count). The van der Waals surface area contributed by atoms with Gasteiger partial charge in [0.1, 0.15) is 0 Å². The number of fused-ring (bicyclic) bond motifs is 2. The summed E-state index contributed by atoms with van der Waals surface area (Å²) >= 11 is 1.86. The second kappa shape index (κ2) is 6.27. The van der Waals surface area contributed by atoms with Crippen LogP contribution in [0.15, 0.2) is 35.2 Å². The largest absolute Gasteiger partial charge is 0.375 e. The van der Waals surface area contributed by atoms with Gasteiger partial charge < -0.3 is 10.5 Å². The predicted octanol–water partition coefficient (Wildman–Crippen LogP) is 1.97. The number of thioether (sulfide) groups is 1. The van der Waals surface area contributed by atoms with E-state index in [1.165, 1.54) is 11.3 Å². The molecule has 2 aliphatic heterocycles. The molecule has 0 spiro atoms. The molecule has 2 N–H and O–H groups in total. The molecular formula is C15H22N2OS. The lowest BCUT2D eigenvalue weighted by Crippen LogP contribution is -2.40. The SMILES string of the molecule is N[C@H](CCN1C[C@H]2C[C@@H]1CO2)CSc1ccccc1. The number of ether oxygens (including phenoxy) is 1. The molecular weight excluding hydrogens is 256 g/mol. The van der Waals surface area contributed by atoms with Crippen LogP contribution in [-0.2, 0) is 4.74 Å². The Morgan fingerprint density at radius 3 is 2.89 bits per heavy atom. The van der Waals surface area contributed by atoms with Crippen molar-refractivity contribution in [2.75, 3.05) is 25.4 Å². The van der Waals surface area contributed by atoms with Crippen LogP contribution in [0.5, 0.6) is 0 Å². The van der Waals surface area contributed by atoms with Crippen LogP contribution in [0.3, 0.4) is 0 Å². The molecule has 3 nitrogen and oxygen atoms in total. The molecule has 0 saturated carbocycles. The van der Waals surface area contributed by atoms with Crippen molar-refractivity contribution >= 4 is 11.8 Å². The Balaban J connectivity index is 1.36. The van der Waals surface area contributed by atoms with E-state index in [1.54, 1.807) is 0 Å². The van der Waals surface area contributed by atoms with Crippen molar-refractivity contribution in [2.45, 2.75) is 35.9 Å². The molecule has 0 aromatic heterocycles. The highest BCUT2D eigenvalue weighted by Crippen LogP contribution is 2.28. The molecule has 104 valence electrons. The first-order valence-electron chi connectivity index (χ1n) is 7.10. The van der Waals surface area contributed by atoms with Crippen molar-refractivity contribution in [3.05, 3.63) is 30.3 Å². The number of nitrogens with zero attached hydrogens (tertiary/aromatic N) is 1. The second-order valence-corrected chi connectivity index (χ2v) is 6.61. The van der Waals surface area contributed by atoms with Crippen LogP contribution in [0.25, 0.3) is 0 Å². The van der Waals surface area contributed by atoms with E-state index in [-0.39, 0.29) is 6.04 Å². The highest BCUT2D eigenvalue weighted by molar-refractivity contribution is 7.99. The molecule has 2 heterocycles. The van der Waals surface area contributed by atoms with Crippen molar-refractivity contribution < 1.29 is 4.74 Å². The van der Waals surface area contributed by atoms with Crippen LogP contribution in [0.4, 0.5) is 0 Å². The quantitative estimate of drug-likeness (QED) is 0.808. The average Bonchev–Trinajstić information content (AvgIpc) is 3.06. The summed E-state index contributed by atoms with van der Waals surface area (Å²) < 4.78 is 5.62. The van der Waals surface area contributed by atoms with E-state index in [0.717, 1.165) is 31.9 Å². The number of nitrogens with two attached hydrogens (primary N) is 1. The Labute approximate surface area is 119 Å². The zero-order chi connectivity index (χ0) is 13.1. The number of hydrogen-bond acceptors (Lipinski definition) is 4. The summed E-state index contributed by atoms with van der Waals surface area (Å²) in [4.78, 5) is 3.87. The van der Waals surface area contributed by atoms with Gasteiger partial charge in [-0.3, -0.25) is 4.90 Å². The normalized spacial score (nSPS) is 27.8. The van der Waals surface area contributed by atoms with Gasteiger partial charge >= 0.3 is 0 Å². The fourth-order valence-electron chi connectivity index (χ4n) is 2.89. The second-order valence-electron chi connectivity index (χ2n) is 5.51. The summed E-state index contributed by atoms with van der Waals surface area (Å²) in [5.41, 5.74) is 6.22. The Hall–Kier alpha value is -0.550. The van der Waals surface area contributed by atoms with Crippen molar-refractivity contribution in [1.82, 2.24) is 4.90 Å². The molecule has 1 aromatic carbocycles. The highest BCUT2D eigenvalue weighted by atomic mass is 32.2. The lowest BCUT2D eigenvalue weighted by atomic mass is 10.2. The topological polar surface area (TPSA) is 38.5 Å². The fraction of sp³-hybridized carbons (Fsp3) is 0.600. The summed E-state index contributed by atoms with van der Waals surface area (Å²) in [6.07, 6.45) is 2.82. The van der Waals surface area contributed by atoms with Gasteiger partial charge in [0, 0.05) is 35.8 Å². The zero-order valence-electron chi connectivity index (χ0n) is 11.2. The van der Waals surface area contributed by atoms with E-state index in [1.807, 2.05) is 11.8 Å². The smallest absolute Gasteiger partial charge is 0.0718 e. The first-order valence-corrected chi connectivity index (χ1v) is 8.09. The number of morpholine rings is 1. The molecule has 2 fully saturated rings. The Morgan fingerprint density at radius 2 is 2.21 bits per heavy atom. The van der Waals surface area contributed by atoms with Crippen LogP contribution in [0.2, 0.25) is 0 Å². The van der Waals surface area contributed by atoms with Gasteiger partial charge in [0.15, 0.2) is 0 Å². The van der Waals surface area contributed by atoms with Gasteiger partial charge in [-0.25, -0.2) is 0 Å². The predicted molar refractivity (Wildman–Crippen MR) is 79.5 cm³/mol. The summed E-state index contributed by atoms with van der Waals surface area (Å²) in [6.45, 7) is 3.17. The van der Waals surface area contributed by atoms with E-state index in [4.69, 9.17) is 10.5 Å². The van der Waals surface area contributed by atoms with Gasteiger partial charge in [0.2, 0.25) is 0 Å². The molecule has 1 aromatic rings. The molecule has 4 heteroatoms. The minimum Gasteiger partial charge on any atom is -0.375 e. The molecule has 2 saturated heterocycles. The third-order valence-corrected chi connectivity index (χ3v) is 5.21. The average molecular weight is 278 g/mol. The Morgan fingerprint density at radius 1 is 1.37 bits per heavy atom. The number of hydrogen-bond donors (Lipinski definition) is 1. The van der Waals surface area contributed by atoms with Gasteiger partial charge in [-0.05, 0) is 25.0 Å². The van der Waals surface area contributed by atoms with E-state index in [0.29, 0.717) is 12.1 Å². The maximum Gasteiger partial charge on any atom is 0.0718 e. The lowest BCUT2D eigenvalue weighted by Gasteiger charge is -2.27. The van der Waals surface area contributed by atoms with Crippen LogP contribution < -0.4 is 5.73 Å². The third kappa shape index (κ3) is 3.51. The minimum absolute atomic E-state index is 0.283. The highest BCUT2D eigenvalue weighted by Gasteiger charge is 2.38. The zero-order valence-corrected chi connectivity index (χ0v) is 12.0. The van der Waals surface area contributed by atoms with Crippen LogP contribution >= 0.6 is 11.8 Å². The van der Waals surface area contributed by atoms with Crippen molar-refractivity contribution in [3.63, 3.8) is 0 Å². The molecule has 3 atom stereocenters. The first kappa shape index (κ1) is 13.4. The van der Waals surface area contributed by atoms with E-state index in [2.05, 4.69) is 35.2 Å². The standard InChI is InChI=1S/C15H22N2OS/c16-12(11-19-15-4-2-1-3-5-15)6-7-17-9-14-8-13(17)10-18-14/h1-5,12-14H,6-11,16H2/t12-,13-,14-/m1/s1. The van der Waals surface area contributed by atoms with Crippen LogP contribution in [0, 0.1) is 0 Å². The van der Waals surface area contributed by atoms with Gasteiger partial charge in [0.25, 0.3) is 0 Å². The molecule has 19 heavy (non-hydrogen) atoms. The summed E-state index contributed by atoms with van der Waals surface area (Å²) in [7, 11) is 0. The van der Waals surface area contributed by atoms with Crippen molar-refractivity contribution in [1.29, 1.82) is 0 Å². The molecule has 0 unspecified atom stereocenters. The fourth-order valence-corrected chi connectivity index (χ4v) is 3.81. The van der Waals surface area contributed by atoms with E-state index in [9.17, 15) is 0 Å². The summed E-state index contributed by atoms with van der Waals surface area (Å²) in [5.74, 6) is 1.00. The Kier molecular flexibility index (Phi) is 4.43. The molecule has 0 radical (unpaired) electrons. The van der Waals surface area contributed by atoms with Crippen LogP contribution in [-0.4, -0.2) is 48.5 Å². The van der Waals surface area contributed by atoms with Gasteiger partial charge in [0.05, 0.1) is 12.7 Å². The summed E-state index contributed by atoms with van der Waals surface area (Å²) in [6, 6.07) is 11.4. The van der Waals surface area contributed by atoms with E-state index >= 15 is 0 Å². The van der Waals surface area contributed by atoms with Gasteiger partial charge in [-0.2, -0.15) is 0 Å². The maximum atomic E-state index is 6.22. The molecule has 0 aliphatic carbocycles. The van der Waals surface area contributed by atoms with Crippen LogP contribution in [0.1, 0.15) is 12.8 Å². The van der Waals surface area contributed by atoms with E-state index < -0.39 is 0 Å². The number of likely N-dealkylation sites (tertiary alicyclic amines) is 1. The summed E-state index contributed by atoms with van der Waals surface area (Å²) in [5, 5.41) is 0.